The third kappa shape index (κ3) is 2.42. The lowest BCUT2D eigenvalue weighted by molar-refractivity contribution is 0.155. The Balaban J connectivity index is 1.58. The normalized spacial score (nSPS) is 17.4. The molecule has 0 radical (unpaired) electrons. The fourth-order valence-corrected chi connectivity index (χ4v) is 2.88. The summed E-state index contributed by atoms with van der Waals surface area (Å²) in [6, 6.07) is 9.83. The molecule has 1 aromatic carbocycles. The van der Waals surface area contributed by atoms with E-state index in [2.05, 4.69) is 15.3 Å². The standard InChI is InChI=1S/C16H17N5O/c22-15-7-6-12-9-17-20(16(12)8-15)11-13-10-18-21(19-13)14-4-2-1-3-5-14/h1-5,9-10,15,22H,6-8,11H2. The Labute approximate surface area is 128 Å². The lowest BCUT2D eigenvalue weighted by atomic mass is 9.96. The van der Waals surface area contributed by atoms with Gasteiger partial charge in [0.25, 0.3) is 0 Å². The number of fused-ring (bicyclic) bond motifs is 1. The molecule has 6 nitrogen and oxygen atoms in total. The highest BCUT2D eigenvalue weighted by Gasteiger charge is 2.21. The zero-order chi connectivity index (χ0) is 14.9. The summed E-state index contributed by atoms with van der Waals surface area (Å²) in [4.78, 5) is 1.63. The molecule has 2 aromatic heterocycles. The van der Waals surface area contributed by atoms with E-state index in [1.165, 1.54) is 5.56 Å². The summed E-state index contributed by atoms with van der Waals surface area (Å²) in [5.41, 5.74) is 4.15. The molecule has 4 rings (SSSR count). The highest BCUT2D eigenvalue weighted by molar-refractivity contribution is 5.28. The molecule has 1 aliphatic rings. The third-order valence-corrected chi connectivity index (χ3v) is 4.05. The highest BCUT2D eigenvalue weighted by Crippen LogP contribution is 2.21. The molecule has 1 atom stereocenters. The van der Waals surface area contributed by atoms with E-state index in [0.29, 0.717) is 13.0 Å². The van der Waals surface area contributed by atoms with Gasteiger partial charge in [0.1, 0.15) is 5.69 Å². The average Bonchev–Trinajstić information content (AvgIpc) is 3.16. The molecule has 0 spiro atoms. The van der Waals surface area contributed by atoms with E-state index in [-0.39, 0.29) is 6.10 Å². The number of aliphatic hydroxyl groups is 1. The van der Waals surface area contributed by atoms with Crippen molar-refractivity contribution in [3.8, 4) is 5.69 Å². The van der Waals surface area contributed by atoms with Gasteiger partial charge in [-0.2, -0.15) is 20.1 Å². The molecule has 0 fully saturated rings. The molecule has 22 heavy (non-hydrogen) atoms. The lowest BCUT2D eigenvalue weighted by Gasteiger charge is -2.18. The summed E-state index contributed by atoms with van der Waals surface area (Å²) in [5, 5.41) is 23.1. The smallest absolute Gasteiger partial charge is 0.105 e. The van der Waals surface area contributed by atoms with Gasteiger partial charge in [-0.25, -0.2) is 0 Å². The molecule has 3 aromatic rings. The summed E-state index contributed by atoms with van der Waals surface area (Å²) in [6.45, 7) is 0.578. The van der Waals surface area contributed by atoms with Crippen LogP contribution in [-0.4, -0.2) is 36.0 Å². The van der Waals surface area contributed by atoms with Crippen LogP contribution in [0.4, 0.5) is 0 Å². The van der Waals surface area contributed by atoms with Crippen LogP contribution in [0.3, 0.4) is 0 Å². The second kappa shape index (κ2) is 5.38. The van der Waals surface area contributed by atoms with E-state index in [0.717, 1.165) is 29.9 Å². The number of para-hydroxylation sites is 1. The number of benzene rings is 1. The number of hydrogen-bond acceptors (Lipinski definition) is 4. The Morgan fingerprint density at radius 2 is 2.00 bits per heavy atom. The quantitative estimate of drug-likeness (QED) is 0.792. The molecule has 6 heteroatoms. The van der Waals surface area contributed by atoms with E-state index in [1.807, 2.05) is 41.2 Å². The van der Waals surface area contributed by atoms with E-state index in [1.54, 1.807) is 11.0 Å². The van der Waals surface area contributed by atoms with Crippen LogP contribution < -0.4 is 0 Å². The van der Waals surface area contributed by atoms with Crippen LogP contribution in [-0.2, 0) is 19.4 Å². The SMILES string of the molecule is OC1CCc2cnn(Cc3cnn(-c4ccccc4)n3)c2C1. The molecule has 0 bridgehead atoms. The van der Waals surface area contributed by atoms with Crippen molar-refractivity contribution in [2.24, 2.45) is 0 Å². The van der Waals surface area contributed by atoms with Gasteiger partial charge in [-0.1, -0.05) is 18.2 Å². The lowest BCUT2D eigenvalue weighted by Crippen LogP contribution is -2.21. The predicted molar refractivity (Wildman–Crippen MR) is 80.7 cm³/mol. The summed E-state index contributed by atoms with van der Waals surface area (Å²) >= 11 is 0. The first-order valence-electron chi connectivity index (χ1n) is 7.48. The van der Waals surface area contributed by atoms with E-state index in [4.69, 9.17) is 0 Å². The molecule has 0 saturated carbocycles. The van der Waals surface area contributed by atoms with Crippen molar-refractivity contribution < 1.29 is 5.11 Å². The second-order valence-electron chi connectivity index (χ2n) is 5.63. The Morgan fingerprint density at radius 1 is 1.14 bits per heavy atom. The topological polar surface area (TPSA) is 68.8 Å². The van der Waals surface area contributed by atoms with Gasteiger partial charge >= 0.3 is 0 Å². The molecule has 2 heterocycles. The first-order valence-corrected chi connectivity index (χ1v) is 7.48. The maximum absolute atomic E-state index is 9.84. The zero-order valence-electron chi connectivity index (χ0n) is 12.1. The number of aliphatic hydroxyl groups excluding tert-OH is 1. The number of hydrogen-bond donors (Lipinski definition) is 1. The van der Waals surface area contributed by atoms with Crippen molar-refractivity contribution in [2.75, 3.05) is 0 Å². The van der Waals surface area contributed by atoms with Gasteiger partial charge < -0.3 is 5.11 Å². The van der Waals surface area contributed by atoms with E-state index >= 15 is 0 Å². The fourth-order valence-electron chi connectivity index (χ4n) is 2.88. The van der Waals surface area contributed by atoms with E-state index < -0.39 is 0 Å². The number of aromatic nitrogens is 5. The fraction of sp³-hybridized carbons (Fsp3) is 0.312. The first kappa shape index (κ1) is 13.2. The summed E-state index contributed by atoms with van der Waals surface area (Å²) in [6.07, 6.45) is 5.80. The van der Waals surface area contributed by atoms with Crippen LogP contribution >= 0.6 is 0 Å². The minimum Gasteiger partial charge on any atom is -0.393 e. The van der Waals surface area contributed by atoms with Gasteiger partial charge in [0, 0.05) is 12.1 Å². The van der Waals surface area contributed by atoms with Crippen LogP contribution in [0.1, 0.15) is 23.4 Å². The van der Waals surface area contributed by atoms with Crippen molar-refractivity contribution in [3.63, 3.8) is 0 Å². The summed E-state index contributed by atoms with van der Waals surface area (Å²) in [7, 11) is 0. The molecule has 0 amide bonds. The van der Waals surface area contributed by atoms with Crippen LogP contribution in [0.5, 0.6) is 0 Å². The van der Waals surface area contributed by atoms with Gasteiger partial charge in [-0.3, -0.25) is 4.68 Å². The molecular weight excluding hydrogens is 278 g/mol. The molecule has 1 aliphatic carbocycles. The largest absolute Gasteiger partial charge is 0.393 e. The Kier molecular flexibility index (Phi) is 3.23. The van der Waals surface area contributed by atoms with Gasteiger partial charge in [-0.15, -0.1) is 0 Å². The molecule has 1 unspecified atom stereocenters. The van der Waals surface area contributed by atoms with Crippen molar-refractivity contribution >= 4 is 0 Å². The minimum absolute atomic E-state index is 0.261. The Morgan fingerprint density at radius 3 is 2.86 bits per heavy atom. The second-order valence-corrected chi connectivity index (χ2v) is 5.63. The highest BCUT2D eigenvalue weighted by atomic mass is 16.3. The first-order chi connectivity index (χ1) is 10.8. The van der Waals surface area contributed by atoms with Gasteiger partial charge in [0.15, 0.2) is 0 Å². The van der Waals surface area contributed by atoms with Crippen LogP contribution in [0.25, 0.3) is 5.69 Å². The number of nitrogens with zero attached hydrogens (tertiary/aromatic N) is 5. The Bertz CT molecular complexity index is 777. The predicted octanol–water partition coefficient (Wildman–Crippen LogP) is 1.36. The molecule has 112 valence electrons. The van der Waals surface area contributed by atoms with Crippen LogP contribution in [0.15, 0.2) is 42.7 Å². The molecular formula is C16H17N5O. The summed E-state index contributed by atoms with van der Waals surface area (Å²) < 4.78 is 1.93. The maximum Gasteiger partial charge on any atom is 0.105 e. The average molecular weight is 295 g/mol. The van der Waals surface area contributed by atoms with Gasteiger partial charge in [0.2, 0.25) is 0 Å². The van der Waals surface area contributed by atoms with Crippen LogP contribution in [0, 0.1) is 0 Å². The van der Waals surface area contributed by atoms with Crippen molar-refractivity contribution in [1.82, 2.24) is 24.8 Å². The summed E-state index contributed by atoms with van der Waals surface area (Å²) in [5.74, 6) is 0. The monoisotopic (exact) mass is 295 g/mol. The number of aryl methyl sites for hydroxylation is 1. The number of rotatable bonds is 3. The zero-order valence-corrected chi connectivity index (χ0v) is 12.1. The molecule has 0 saturated heterocycles. The van der Waals surface area contributed by atoms with Crippen LogP contribution in [0.2, 0.25) is 0 Å². The third-order valence-electron chi connectivity index (χ3n) is 4.05. The van der Waals surface area contributed by atoms with Crippen molar-refractivity contribution in [1.29, 1.82) is 0 Å². The minimum atomic E-state index is -0.261. The van der Waals surface area contributed by atoms with Gasteiger partial charge in [-0.05, 0) is 30.5 Å². The van der Waals surface area contributed by atoms with E-state index in [9.17, 15) is 5.11 Å². The Hall–Kier alpha value is -2.47. The molecule has 0 aliphatic heterocycles. The maximum atomic E-state index is 9.84. The molecule has 1 N–H and O–H groups in total. The van der Waals surface area contributed by atoms with Crippen molar-refractivity contribution in [2.45, 2.75) is 31.9 Å². The van der Waals surface area contributed by atoms with Crippen molar-refractivity contribution in [3.05, 3.63) is 59.7 Å². The van der Waals surface area contributed by atoms with Gasteiger partial charge in [0.05, 0.1) is 30.7 Å².